The van der Waals surface area contributed by atoms with Crippen molar-refractivity contribution in [2.24, 2.45) is 4.99 Å². The fourth-order valence-corrected chi connectivity index (χ4v) is 2.97. The Morgan fingerprint density at radius 2 is 1.76 bits per heavy atom. The first-order valence-corrected chi connectivity index (χ1v) is 9.15. The molecular formula is C19H24N4OS. The van der Waals surface area contributed by atoms with E-state index in [9.17, 15) is 4.79 Å². The summed E-state index contributed by atoms with van der Waals surface area (Å²) in [6, 6.07) is 17.9. The van der Waals surface area contributed by atoms with Crippen LogP contribution < -0.4 is 16.0 Å². The van der Waals surface area contributed by atoms with Crippen LogP contribution in [0.15, 0.2) is 64.5 Å². The molecule has 1 amide bonds. The number of aliphatic imine (C=N–C) groups is 1. The number of nitrogens with one attached hydrogen (secondary N) is 3. The summed E-state index contributed by atoms with van der Waals surface area (Å²) >= 11 is 1.81. The summed E-state index contributed by atoms with van der Waals surface area (Å²) in [4.78, 5) is 17.0. The minimum absolute atomic E-state index is 0.0760. The lowest BCUT2D eigenvalue weighted by Gasteiger charge is -2.12. The molecule has 0 atom stereocenters. The predicted molar refractivity (Wildman–Crippen MR) is 105 cm³/mol. The Kier molecular flexibility index (Phi) is 7.85. The molecule has 0 aliphatic heterocycles. The van der Waals surface area contributed by atoms with Gasteiger partial charge in [-0.05, 0) is 29.8 Å². The lowest BCUT2D eigenvalue weighted by molar-refractivity contribution is 0.0963. The van der Waals surface area contributed by atoms with Gasteiger partial charge in [-0.1, -0.05) is 30.3 Å². The SMILES string of the molecule is CN=C(NCCSc1ccccc1)NCc1ccc(C(=O)NC)cc1. The van der Waals surface area contributed by atoms with E-state index >= 15 is 0 Å². The number of carbonyl (C=O) groups excluding carboxylic acids is 1. The van der Waals surface area contributed by atoms with Crippen molar-refractivity contribution in [2.75, 3.05) is 26.4 Å². The number of benzene rings is 2. The van der Waals surface area contributed by atoms with Crippen molar-refractivity contribution in [1.29, 1.82) is 0 Å². The highest BCUT2D eigenvalue weighted by Crippen LogP contribution is 2.15. The lowest BCUT2D eigenvalue weighted by Crippen LogP contribution is -2.37. The van der Waals surface area contributed by atoms with E-state index in [0.29, 0.717) is 12.1 Å². The molecule has 2 aromatic carbocycles. The van der Waals surface area contributed by atoms with Crippen LogP contribution in [0.4, 0.5) is 0 Å². The number of hydrogen-bond donors (Lipinski definition) is 3. The smallest absolute Gasteiger partial charge is 0.251 e. The molecule has 25 heavy (non-hydrogen) atoms. The summed E-state index contributed by atoms with van der Waals surface area (Å²) in [5.41, 5.74) is 1.75. The molecule has 2 rings (SSSR count). The third-order valence-corrected chi connectivity index (χ3v) is 4.55. The first-order chi connectivity index (χ1) is 12.2. The average molecular weight is 356 g/mol. The first kappa shape index (κ1) is 18.9. The summed E-state index contributed by atoms with van der Waals surface area (Å²) < 4.78 is 0. The largest absolute Gasteiger partial charge is 0.356 e. The van der Waals surface area contributed by atoms with E-state index in [2.05, 4.69) is 33.1 Å². The molecule has 0 aliphatic rings. The summed E-state index contributed by atoms with van der Waals surface area (Å²) in [6.45, 7) is 1.48. The van der Waals surface area contributed by atoms with Crippen molar-refractivity contribution >= 4 is 23.6 Å². The van der Waals surface area contributed by atoms with E-state index < -0.39 is 0 Å². The molecule has 0 saturated carbocycles. The van der Waals surface area contributed by atoms with Gasteiger partial charge in [0.25, 0.3) is 5.91 Å². The Morgan fingerprint density at radius 1 is 1.04 bits per heavy atom. The zero-order valence-corrected chi connectivity index (χ0v) is 15.4. The maximum Gasteiger partial charge on any atom is 0.251 e. The highest BCUT2D eigenvalue weighted by Gasteiger charge is 2.03. The Labute approximate surface area is 153 Å². The molecule has 0 fully saturated rings. The molecule has 5 nitrogen and oxygen atoms in total. The molecule has 0 aliphatic carbocycles. The molecule has 0 aromatic heterocycles. The molecule has 0 saturated heterocycles. The van der Waals surface area contributed by atoms with Crippen LogP contribution in [0.3, 0.4) is 0 Å². The van der Waals surface area contributed by atoms with Crippen LogP contribution in [0.5, 0.6) is 0 Å². The van der Waals surface area contributed by atoms with Gasteiger partial charge in [0.15, 0.2) is 5.96 Å². The van der Waals surface area contributed by atoms with Gasteiger partial charge in [0.2, 0.25) is 0 Å². The van der Waals surface area contributed by atoms with E-state index in [1.807, 2.05) is 54.2 Å². The molecule has 0 bridgehead atoms. The topological polar surface area (TPSA) is 65.5 Å². The summed E-state index contributed by atoms with van der Waals surface area (Å²) in [5, 5.41) is 9.19. The standard InChI is InChI=1S/C19H24N4OS/c1-20-18(24)16-10-8-15(9-11-16)14-23-19(21-2)22-12-13-25-17-6-4-3-5-7-17/h3-11H,12-14H2,1-2H3,(H,20,24)(H2,21,22,23). The fourth-order valence-electron chi connectivity index (χ4n) is 2.18. The van der Waals surface area contributed by atoms with Crippen LogP contribution in [0.2, 0.25) is 0 Å². The van der Waals surface area contributed by atoms with Crippen molar-refractivity contribution in [2.45, 2.75) is 11.4 Å². The number of hydrogen-bond acceptors (Lipinski definition) is 3. The van der Waals surface area contributed by atoms with E-state index in [1.165, 1.54) is 4.90 Å². The van der Waals surface area contributed by atoms with Gasteiger partial charge in [0, 0.05) is 43.4 Å². The third-order valence-electron chi connectivity index (χ3n) is 3.53. The van der Waals surface area contributed by atoms with Gasteiger partial charge in [0.1, 0.15) is 0 Å². The molecule has 6 heteroatoms. The normalized spacial score (nSPS) is 11.0. The van der Waals surface area contributed by atoms with Crippen molar-refractivity contribution in [3.63, 3.8) is 0 Å². The van der Waals surface area contributed by atoms with E-state index in [0.717, 1.165) is 23.8 Å². The van der Waals surface area contributed by atoms with Crippen LogP contribution in [0.1, 0.15) is 15.9 Å². The lowest BCUT2D eigenvalue weighted by atomic mass is 10.1. The Hall–Kier alpha value is -2.47. The molecule has 0 radical (unpaired) electrons. The van der Waals surface area contributed by atoms with Gasteiger partial charge in [-0.3, -0.25) is 9.79 Å². The number of guanidine groups is 1. The first-order valence-electron chi connectivity index (χ1n) is 8.16. The quantitative estimate of drug-likeness (QED) is 0.309. The molecular weight excluding hydrogens is 332 g/mol. The third kappa shape index (κ3) is 6.51. The van der Waals surface area contributed by atoms with Crippen molar-refractivity contribution in [3.05, 3.63) is 65.7 Å². The van der Waals surface area contributed by atoms with Gasteiger partial charge in [-0.25, -0.2) is 0 Å². The van der Waals surface area contributed by atoms with Gasteiger partial charge >= 0.3 is 0 Å². The van der Waals surface area contributed by atoms with Crippen LogP contribution >= 0.6 is 11.8 Å². The van der Waals surface area contributed by atoms with Crippen LogP contribution in [0.25, 0.3) is 0 Å². The second kappa shape index (κ2) is 10.4. The Bertz CT molecular complexity index is 686. The van der Waals surface area contributed by atoms with Gasteiger partial charge < -0.3 is 16.0 Å². The summed E-state index contributed by atoms with van der Waals surface area (Å²) in [6.07, 6.45) is 0. The second-order valence-corrected chi connectivity index (χ2v) is 6.46. The fraction of sp³-hybridized carbons (Fsp3) is 0.263. The molecule has 0 heterocycles. The number of amides is 1. The van der Waals surface area contributed by atoms with Gasteiger partial charge in [-0.15, -0.1) is 11.8 Å². The van der Waals surface area contributed by atoms with Crippen LogP contribution in [-0.2, 0) is 6.54 Å². The van der Waals surface area contributed by atoms with Crippen molar-refractivity contribution in [1.82, 2.24) is 16.0 Å². The zero-order valence-electron chi connectivity index (χ0n) is 14.6. The van der Waals surface area contributed by atoms with Gasteiger partial charge in [0.05, 0.1) is 0 Å². The zero-order chi connectivity index (χ0) is 17.9. The molecule has 2 aromatic rings. The Balaban J connectivity index is 1.72. The van der Waals surface area contributed by atoms with Crippen molar-refractivity contribution in [3.8, 4) is 0 Å². The summed E-state index contributed by atoms with van der Waals surface area (Å²) in [5.74, 6) is 1.66. The van der Waals surface area contributed by atoms with E-state index in [4.69, 9.17) is 0 Å². The monoisotopic (exact) mass is 356 g/mol. The molecule has 0 spiro atoms. The number of rotatable bonds is 7. The molecule has 132 valence electrons. The minimum Gasteiger partial charge on any atom is -0.356 e. The number of nitrogens with zero attached hydrogens (tertiary/aromatic N) is 1. The predicted octanol–water partition coefficient (Wildman–Crippen LogP) is 2.50. The van der Waals surface area contributed by atoms with E-state index in [-0.39, 0.29) is 5.91 Å². The van der Waals surface area contributed by atoms with Gasteiger partial charge in [-0.2, -0.15) is 0 Å². The molecule has 0 unspecified atom stereocenters. The number of thioether (sulfide) groups is 1. The Morgan fingerprint density at radius 3 is 2.40 bits per heavy atom. The second-order valence-electron chi connectivity index (χ2n) is 5.29. The van der Waals surface area contributed by atoms with E-state index in [1.54, 1.807) is 14.1 Å². The van der Waals surface area contributed by atoms with Crippen LogP contribution in [0, 0.1) is 0 Å². The maximum absolute atomic E-state index is 11.5. The van der Waals surface area contributed by atoms with Crippen LogP contribution in [-0.4, -0.2) is 38.3 Å². The molecule has 3 N–H and O–H groups in total. The highest BCUT2D eigenvalue weighted by atomic mass is 32.2. The van der Waals surface area contributed by atoms with Crippen molar-refractivity contribution < 1.29 is 4.79 Å². The average Bonchev–Trinajstić information content (AvgIpc) is 2.68. The summed E-state index contributed by atoms with van der Waals surface area (Å²) in [7, 11) is 3.39. The maximum atomic E-state index is 11.5. The minimum atomic E-state index is -0.0760. The highest BCUT2D eigenvalue weighted by molar-refractivity contribution is 7.99. The number of carbonyl (C=O) groups is 1.